The highest BCUT2D eigenvalue weighted by atomic mass is 32.2. The van der Waals surface area contributed by atoms with Gasteiger partial charge in [0.05, 0.1) is 0 Å². The normalized spacial score (nSPS) is 23.5. The van der Waals surface area contributed by atoms with E-state index in [1.165, 1.54) is 5.57 Å². The number of thioether (sulfide) groups is 1. The van der Waals surface area contributed by atoms with Crippen molar-refractivity contribution in [1.82, 2.24) is 15.2 Å². The van der Waals surface area contributed by atoms with E-state index >= 15 is 0 Å². The number of ether oxygens (including phenoxy) is 1. The second-order valence-electron chi connectivity index (χ2n) is 7.81. The smallest absolute Gasteiger partial charge is 0.247 e. The van der Waals surface area contributed by atoms with Crippen LogP contribution in [0.5, 0.6) is 5.88 Å². The number of para-hydroxylation sites is 1. The molecule has 0 amide bonds. The molecular weight excluding hydrogens is 368 g/mol. The molecule has 1 aromatic carbocycles. The first kappa shape index (κ1) is 19.2. The molecule has 1 aromatic heterocycles. The number of fused-ring (bicyclic) bond motifs is 3. The lowest BCUT2D eigenvalue weighted by Gasteiger charge is -2.34. The Balaban J connectivity index is 1.68. The minimum atomic E-state index is -0.132. The number of allylic oxidation sites excluding steroid dienone is 2. The quantitative estimate of drug-likeness (QED) is 0.406. The van der Waals surface area contributed by atoms with Crippen LogP contribution in [0.25, 0.3) is 11.3 Å². The Morgan fingerprint density at radius 1 is 1.25 bits per heavy atom. The highest BCUT2D eigenvalue weighted by Gasteiger charge is 2.34. The van der Waals surface area contributed by atoms with Crippen molar-refractivity contribution in [3.8, 4) is 17.1 Å². The van der Waals surface area contributed by atoms with Gasteiger partial charge in [-0.05, 0) is 38.2 Å². The Morgan fingerprint density at radius 2 is 2.11 bits per heavy atom. The summed E-state index contributed by atoms with van der Waals surface area (Å²) < 4.78 is 6.46. The zero-order valence-electron chi connectivity index (χ0n) is 16.8. The summed E-state index contributed by atoms with van der Waals surface area (Å²) in [5.74, 6) is 2.52. The summed E-state index contributed by atoms with van der Waals surface area (Å²) >= 11 is 1.65. The molecule has 0 saturated heterocycles. The molecule has 1 aliphatic carbocycles. The van der Waals surface area contributed by atoms with Crippen molar-refractivity contribution in [2.45, 2.75) is 57.8 Å². The highest BCUT2D eigenvalue weighted by molar-refractivity contribution is 7.99. The molecule has 6 heteroatoms. The summed E-state index contributed by atoms with van der Waals surface area (Å²) in [6, 6.07) is 8.20. The van der Waals surface area contributed by atoms with Gasteiger partial charge in [-0.25, -0.2) is 0 Å². The lowest BCUT2D eigenvalue weighted by Crippen LogP contribution is -2.39. The van der Waals surface area contributed by atoms with E-state index < -0.39 is 0 Å². The minimum Gasteiger partial charge on any atom is -0.452 e. The molecule has 0 bridgehead atoms. The molecule has 1 N–H and O–H groups in total. The Morgan fingerprint density at radius 3 is 2.93 bits per heavy atom. The van der Waals surface area contributed by atoms with E-state index in [4.69, 9.17) is 9.72 Å². The van der Waals surface area contributed by atoms with Gasteiger partial charge in [-0.3, -0.25) is 0 Å². The van der Waals surface area contributed by atoms with E-state index in [2.05, 4.69) is 54.5 Å². The number of hydrogen-bond donors (Lipinski definition) is 1. The number of nitrogens with zero attached hydrogens (tertiary/aromatic N) is 3. The van der Waals surface area contributed by atoms with Crippen LogP contribution < -0.4 is 10.1 Å². The fraction of sp³-hybridized carbons (Fsp3) is 0.500. The van der Waals surface area contributed by atoms with Crippen LogP contribution in [0, 0.1) is 11.8 Å². The molecule has 2 aromatic rings. The molecule has 0 saturated carbocycles. The van der Waals surface area contributed by atoms with Gasteiger partial charge in [0.1, 0.15) is 0 Å². The number of nitrogens with one attached hydrogen (secondary N) is 1. The highest BCUT2D eigenvalue weighted by Crippen LogP contribution is 2.40. The van der Waals surface area contributed by atoms with E-state index in [0.29, 0.717) is 22.9 Å². The first-order valence-corrected chi connectivity index (χ1v) is 11.2. The predicted octanol–water partition coefficient (Wildman–Crippen LogP) is 5.55. The third-order valence-electron chi connectivity index (χ3n) is 5.59. The van der Waals surface area contributed by atoms with Crippen molar-refractivity contribution in [3.05, 3.63) is 35.9 Å². The summed E-state index contributed by atoms with van der Waals surface area (Å²) in [7, 11) is 0. The van der Waals surface area contributed by atoms with Crippen molar-refractivity contribution in [1.29, 1.82) is 0 Å². The Hall–Kier alpha value is -2.08. The summed E-state index contributed by atoms with van der Waals surface area (Å²) in [4.78, 5) is 4.74. The van der Waals surface area contributed by atoms with Crippen molar-refractivity contribution in [2.24, 2.45) is 11.8 Å². The van der Waals surface area contributed by atoms with E-state index in [1.54, 1.807) is 11.8 Å². The van der Waals surface area contributed by atoms with Gasteiger partial charge in [-0.15, -0.1) is 10.2 Å². The topological polar surface area (TPSA) is 59.9 Å². The van der Waals surface area contributed by atoms with Crippen molar-refractivity contribution >= 4 is 17.4 Å². The molecule has 4 rings (SSSR count). The second-order valence-corrected chi connectivity index (χ2v) is 8.87. The molecule has 0 radical (unpaired) electrons. The maximum absolute atomic E-state index is 6.46. The van der Waals surface area contributed by atoms with Crippen LogP contribution >= 0.6 is 11.8 Å². The SMILES string of the molecule is CCCCSc1nnc2c(n1)O[C@H]([C@H]1CC=C(C)C[C@H]1C)Nc1ccccc1-2. The van der Waals surface area contributed by atoms with E-state index in [-0.39, 0.29) is 6.23 Å². The standard InChI is InChI=1S/C22H28N4OS/c1-4-5-12-28-22-24-21-19(25-26-22)17-8-6-7-9-18(17)23-20(27-21)16-11-10-14(2)13-15(16)3/h6-10,15-16,20,23H,4-5,11-13H2,1-3H3/t15-,16+,20-/m1/s1. The zero-order valence-corrected chi connectivity index (χ0v) is 17.6. The van der Waals surface area contributed by atoms with Gasteiger partial charge in [0.15, 0.2) is 11.9 Å². The van der Waals surface area contributed by atoms with Crippen LogP contribution in [0.1, 0.15) is 46.5 Å². The molecule has 148 valence electrons. The summed E-state index contributed by atoms with van der Waals surface area (Å²) in [6.45, 7) is 6.72. The number of anilines is 1. The largest absolute Gasteiger partial charge is 0.452 e. The average molecular weight is 397 g/mol. The molecule has 1 aliphatic heterocycles. The van der Waals surface area contributed by atoms with Gasteiger partial charge in [0.2, 0.25) is 11.0 Å². The van der Waals surface area contributed by atoms with Gasteiger partial charge in [0.25, 0.3) is 0 Å². The van der Waals surface area contributed by atoms with E-state index in [0.717, 1.165) is 48.4 Å². The maximum atomic E-state index is 6.46. The van der Waals surface area contributed by atoms with Crippen LogP contribution in [-0.4, -0.2) is 27.2 Å². The molecule has 3 atom stereocenters. The fourth-order valence-electron chi connectivity index (χ4n) is 3.96. The van der Waals surface area contributed by atoms with Crippen LogP contribution in [0.15, 0.2) is 41.1 Å². The van der Waals surface area contributed by atoms with Gasteiger partial charge >= 0.3 is 0 Å². The third kappa shape index (κ3) is 4.02. The molecule has 2 aliphatic rings. The van der Waals surface area contributed by atoms with Crippen LogP contribution in [0.3, 0.4) is 0 Å². The van der Waals surface area contributed by atoms with Crippen LogP contribution in [0.2, 0.25) is 0 Å². The predicted molar refractivity (Wildman–Crippen MR) is 115 cm³/mol. The number of benzene rings is 1. The molecule has 0 unspecified atom stereocenters. The number of aromatic nitrogens is 3. The lowest BCUT2D eigenvalue weighted by molar-refractivity contribution is 0.114. The molecule has 0 fully saturated rings. The fourth-order valence-corrected chi connectivity index (χ4v) is 4.83. The molecular formula is C22H28N4OS. The maximum Gasteiger partial charge on any atom is 0.247 e. The minimum absolute atomic E-state index is 0.132. The van der Waals surface area contributed by atoms with Gasteiger partial charge in [-0.2, -0.15) is 4.98 Å². The molecule has 5 nitrogen and oxygen atoms in total. The Kier molecular flexibility index (Phi) is 5.85. The second kappa shape index (κ2) is 8.52. The third-order valence-corrected chi connectivity index (χ3v) is 6.51. The van der Waals surface area contributed by atoms with E-state index in [9.17, 15) is 0 Å². The molecule has 2 heterocycles. The van der Waals surface area contributed by atoms with Crippen molar-refractivity contribution in [3.63, 3.8) is 0 Å². The molecule has 0 spiro atoms. The van der Waals surface area contributed by atoms with Crippen LogP contribution in [-0.2, 0) is 0 Å². The Labute approximate surface area is 171 Å². The summed E-state index contributed by atoms with van der Waals surface area (Å²) in [6.07, 6.45) is 6.64. The average Bonchev–Trinajstić information content (AvgIpc) is 2.84. The first-order valence-electron chi connectivity index (χ1n) is 10.2. The molecule has 28 heavy (non-hydrogen) atoms. The monoisotopic (exact) mass is 396 g/mol. The van der Waals surface area contributed by atoms with E-state index in [1.807, 2.05) is 12.1 Å². The zero-order chi connectivity index (χ0) is 19.5. The number of unbranched alkanes of at least 4 members (excludes halogenated alkanes) is 1. The lowest BCUT2D eigenvalue weighted by atomic mass is 9.80. The number of rotatable bonds is 5. The van der Waals surface area contributed by atoms with Gasteiger partial charge in [-0.1, -0.05) is 61.9 Å². The Bertz CT molecular complexity index is 869. The van der Waals surface area contributed by atoms with Gasteiger partial charge < -0.3 is 10.1 Å². The summed E-state index contributed by atoms with van der Waals surface area (Å²) in [5, 5.41) is 13.2. The van der Waals surface area contributed by atoms with Gasteiger partial charge in [0, 0.05) is 22.9 Å². The van der Waals surface area contributed by atoms with Crippen molar-refractivity contribution < 1.29 is 4.74 Å². The number of hydrogen-bond acceptors (Lipinski definition) is 6. The van der Waals surface area contributed by atoms with Crippen LogP contribution in [0.4, 0.5) is 5.69 Å². The van der Waals surface area contributed by atoms with Crippen molar-refractivity contribution in [2.75, 3.05) is 11.1 Å². The summed E-state index contributed by atoms with van der Waals surface area (Å²) in [5.41, 5.74) is 4.23. The first-order chi connectivity index (χ1) is 13.7.